The van der Waals surface area contributed by atoms with Crippen molar-refractivity contribution < 1.29 is 9.53 Å². The second-order valence-corrected chi connectivity index (χ2v) is 7.94. The molecule has 29 heavy (non-hydrogen) atoms. The van der Waals surface area contributed by atoms with E-state index >= 15 is 0 Å². The van der Waals surface area contributed by atoms with E-state index < -0.39 is 0 Å². The maximum atomic E-state index is 12.0. The first-order valence-corrected chi connectivity index (χ1v) is 10.6. The Morgan fingerprint density at radius 2 is 1.90 bits per heavy atom. The number of hydrogen-bond acceptors (Lipinski definition) is 3. The molecule has 2 aromatic rings. The zero-order chi connectivity index (χ0) is 20.5. The van der Waals surface area contributed by atoms with E-state index in [0.29, 0.717) is 6.54 Å². The van der Waals surface area contributed by atoms with Crippen LogP contribution in [0.3, 0.4) is 0 Å². The summed E-state index contributed by atoms with van der Waals surface area (Å²) >= 11 is 0. The van der Waals surface area contributed by atoms with Crippen molar-refractivity contribution in [1.82, 2.24) is 10.2 Å². The predicted molar refractivity (Wildman–Crippen MR) is 119 cm³/mol. The van der Waals surface area contributed by atoms with Crippen molar-refractivity contribution in [2.45, 2.75) is 32.6 Å². The third kappa shape index (κ3) is 7.09. The summed E-state index contributed by atoms with van der Waals surface area (Å²) in [6.45, 7) is 6.18. The van der Waals surface area contributed by atoms with E-state index in [1.807, 2.05) is 18.2 Å². The van der Waals surface area contributed by atoms with Crippen LogP contribution in [0.25, 0.3) is 0 Å². The standard InChI is InChI=1S/C24H33N3O2/c1-19-7-9-20(10-8-19)17-21-11-15-27(16-12-21)14-4-13-25-24(28)26-22-5-3-6-23(18-22)29-2/h3,5-10,18,21H,4,11-17H2,1-2H3,(H2,25,26,28). The molecule has 0 radical (unpaired) electrons. The van der Waals surface area contributed by atoms with Gasteiger partial charge in [-0.25, -0.2) is 4.79 Å². The minimum Gasteiger partial charge on any atom is -0.497 e. The minimum absolute atomic E-state index is 0.171. The van der Waals surface area contributed by atoms with Gasteiger partial charge in [-0.3, -0.25) is 0 Å². The fourth-order valence-corrected chi connectivity index (χ4v) is 3.85. The van der Waals surface area contributed by atoms with Gasteiger partial charge in [0.05, 0.1) is 7.11 Å². The molecule has 1 fully saturated rings. The fourth-order valence-electron chi connectivity index (χ4n) is 3.85. The molecule has 1 aliphatic rings. The number of anilines is 1. The normalized spacial score (nSPS) is 15.1. The Morgan fingerprint density at radius 3 is 2.62 bits per heavy atom. The lowest BCUT2D eigenvalue weighted by Crippen LogP contribution is -2.37. The lowest BCUT2D eigenvalue weighted by Gasteiger charge is -2.32. The number of urea groups is 1. The third-order valence-electron chi connectivity index (χ3n) is 5.62. The number of ether oxygens (including phenoxy) is 1. The van der Waals surface area contributed by atoms with Gasteiger partial charge in [-0.1, -0.05) is 35.9 Å². The first kappa shape index (κ1) is 21.2. The molecule has 5 nitrogen and oxygen atoms in total. The molecule has 0 aromatic heterocycles. The van der Waals surface area contributed by atoms with Crippen LogP contribution in [0.4, 0.5) is 10.5 Å². The van der Waals surface area contributed by atoms with Gasteiger partial charge in [0, 0.05) is 18.3 Å². The molecule has 3 rings (SSSR count). The lowest BCUT2D eigenvalue weighted by molar-refractivity contribution is 0.182. The number of piperidine rings is 1. The molecule has 0 saturated carbocycles. The summed E-state index contributed by atoms with van der Waals surface area (Å²) in [5, 5.41) is 5.78. The van der Waals surface area contributed by atoms with Gasteiger partial charge in [-0.05, 0) is 75.9 Å². The van der Waals surface area contributed by atoms with Crippen molar-refractivity contribution in [2.24, 2.45) is 5.92 Å². The van der Waals surface area contributed by atoms with Crippen LogP contribution < -0.4 is 15.4 Å². The van der Waals surface area contributed by atoms with E-state index in [9.17, 15) is 4.79 Å². The monoisotopic (exact) mass is 395 g/mol. The number of hydrogen-bond donors (Lipinski definition) is 2. The van der Waals surface area contributed by atoms with Crippen LogP contribution in [0.15, 0.2) is 48.5 Å². The average molecular weight is 396 g/mol. The molecule has 0 bridgehead atoms. The van der Waals surface area contributed by atoms with E-state index in [2.05, 4.69) is 46.7 Å². The minimum atomic E-state index is -0.171. The molecule has 2 amide bonds. The van der Waals surface area contributed by atoms with Gasteiger partial charge >= 0.3 is 6.03 Å². The van der Waals surface area contributed by atoms with Crippen molar-refractivity contribution in [3.05, 3.63) is 59.7 Å². The molecule has 1 saturated heterocycles. The van der Waals surface area contributed by atoms with Crippen LogP contribution in [0.5, 0.6) is 5.75 Å². The van der Waals surface area contributed by atoms with E-state index in [4.69, 9.17) is 4.74 Å². The zero-order valence-electron chi connectivity index (χ0n) is 17.6. The molecule has 0 atom stereocenters. The van der Waals surface area contributed by atoms with Crippen molar-refractivity contribution in [1.29, 1.82) is 0 Å². The van der Waals surface area contributed by atoms with Gasteiger partial charge in [0.15, 0.2) is 0 Å². The second kappa shape index (κ2) is 10.9. The second-order valence-electron chi connectivity index (χ2n) is 7.94. The van der Waals surface area contributed by atoms with E-state index in [1.54, 1.807) is 13.2 Å². The van der Waals surface area contributed by atoms with Gasteiger partial charge in [-0.2, -0.15) is 0 Å². The predicted octanol–water partition coefficient (Wildman–Crippen LogP) is 4.47. The highest BCUT2D eigenvalue weighted by Gasteiger charge is 2.19. The van der Waals surface area contributed by atoms with Crippen LogP contribution in [-0.2, 0) is 6.42 Å². The Bertz CT molecular complexity index is 768. The summed E-state index contributed by atoms with van der Waals surface area (Å²) in [4.78, 5) is 14.5. The number of likely N-dealkylation sites (tertiary alicyclic amines) is 1. The zero-order valence-corrected chi connectivity index (χ0v) is 17.6. The maximum Gasteiger partial charge on any atom is 0.319 e. The molecule has 2 aromatic carbocycles. The quantitative estimate of drug-likeness (QED) is 0.649. The first-order chi connectivity index (χ1) is 14.1. The topological polar surface area (TPSA) is 53.6 Å². The molecule has 5 heteroatoms. The molecule has 1 aliphatic heterocycles. The van der Waals surface area contributed by atoms with Crippen molar-refractivity contribution in [3.63, 3.8) is 0 Å². The average Bonchev–Trinajstić information content (AvgIpc) is 2.74. The number of methoxy groups -OCH3 is 1. The molecule has 0 spiro atoms. The summed E-state index contributed by atoms with van der Waals surface area (Å²) in [5.74, 6) is 1.52. The number of nitrogens with zero attached hydrogens (tertiary/aromatic N) is 1. The highest BCUT2D eigenvalue weighted by molar-refractivity contribution is 5.89. The van der Waals surface area contributed by atoms with Crippen molar-refractivity contribution in [3.8, 4) is 5.75 Å². The molecular weight excluding hydrogens is 362 g/mol. The summed E-state index contributed by atoms with van der Waals surface area (Å²) in [6.07, 6.45) is 4.68. The Morgan fingerprint density at radius 1 is 1.14 bits per heavy atom. The summed E-state index contributed by atoms with van der Waals surface area (Å²) < 4.78 is 5.17. The fraction of sp³-hybridized carbons (Fsp3) is 0.458. The summed E-state index contributed by atoms with van der Waals surface area (Å²) in [7, 11) is 1.62. The Hall–Kier alpha value is -2.53. The summed E-state index contributed by atoms with van der Waals surface area (Å²) in [5.41, 5.74) is 3.52. The molecule has 1 heterocycles. The smallest absolute Gasteiger partial charge is 0.319 e. The number of amides is 2. The molecule has 2 N–H and O–H groups in total. The Kier molecular flexibility index (Phi) is 7.94. The van der Waals surface area contributed by atoms with Crippen LogP contribution in [0.1, 0.15) is 30.4 Å². The van der Waals surface area contributed by atoms with Gasteiger partial charge < -0.3 is 20.3 Å². The molecular formula is C24H33N3O2. The highest BCUT2D eigenvalue weighted by atomic mass is 16.5. The van der Waals surface area contributed by atoms with Crippen LogP contribution in [0, 0.1) is 12.8 Å². The van der Waals surface area contributed by atoms with Crippen molar-refractivity contribution in [2.75, 3.05) is 38.6 Å². The van der Waals surface area contributed by atoms with Crippen LogP contribution in [0.2, 0.25) is 0 Å². The maximum absolute atomic E-state index is 12.0. The molecule has 0 aliphatic carbocycles. The number of carbonyl (C=O) groups is 1. The SMILES string of the molecule is COc1cccc(NC(=O)NCCCN2CCC(Cc3ccc(C)cc3)CC2)c1. The van der Waals surface area contributed by atoms with Crippen LogP contribution in [-0.4, -0.2) is 44.2 Å². The Labute approximate surface area is 174 Å². The molecule has 156 valence electrons. The van der Waals surface area contributed by atoms with Gasteiger partial charge in [-0.15, -0.1) is 0 Å². The number of rotatable bonds is 8. The number of nitrogens with one attached hydrogen (secondary N) is 2. The lowest BCUT2D eigenvalue weighted by atomic mass is 9.90. The van der Waals surface area contributed by atoms with Crippen LogP contribution >= 0.6 is 0 Å². The summed E-state index contributed by atoms with van der Waals surface area (Å²) in [6, 6.07) is 16.2. The van der Waals surface area contributed by atoms with E-state index in [-0.39, 0.29) is 6.03 Å². The van der Waals surface area contributed by atoms with Gasteiger partial charge in [0.2, 0.25) is 0 Å². The number of carbonyl (C=O) groups excluding carboxylic acids is 1. The highest BCUT2D eigenvalue weighted by Crippen LogP contribution is 2.22. The Balaban J connectivity index is 1.28. The number of aryl methyl sites for hydroxylation is 1. The van der Waals surface area contributed by atoms with E-state index in [1.165, 1.54) is 30.4 Å². The van der Waals surface area contributed by atoms with Gasteiger partial charge in [0.1, 0.15) is 5.75 Å². The van der Waals surface area contributed by atoms with Crippen molar-refractivity contribution >= 4 is 11.7 Å². The largest absolute Gasteiger partial charge is 0.497 e. The first-order valence-electron chi connectivity index (χ1n) is 10.6. The number of benzene rings is 2. The van der Waals surface area contributed by atoms with Gasteiger partial charge in [0.25, 0.3) is 0 Å². The van der Waals surface area contributed by atoms with E-state index in [0.717, 1.165) is 43.4 Å². The third-order valence-corrected chi connectivity index (χ3v) is 5.62. The molecule has 0 unspecified atom stereocenters.